The first-order valence-corrected chi connectivity index (χ1v) is 9.14. The predicted octanol–water partition coefficient (Wildman–Crippen LogP) is 1.99. The van der Waals surface area contributed by atoms with Crippen LogP contribution in [0.15, 0.2) is 30.3 Å². The van der Waals surface area contributed by atoms with Crippen LogP contribution in [0.3, 0.4) is 0 Å². The van der Waals surface area contributed by atoms with Gasteiger partial charge in [-0.25, -0.2) is 0 Å². The van der Waals surface area contributed by atoms with Gasteiger partial charge in [-0.1, -0.05) is 43.7 Å². The second-order valence-electron chi connectivity index (χ2n) is 4.70. The van der Waals surface area contributed by atoms with Crippen LogP contribution in [0.1, 0.15) is 18.9 Å². The van der Waals surface area contributed by atoms with Crippen LogP contribution >= 0.6 is 0 Å². The molecule has 1 aromatic carbocycles. The Bertz CT molecular complexity index is 336. The van der Waals surface area contributed by atoms with Crippen molar-refractivity contribution in [3.05, 3.63) is 35.9 Å². The van der Waals surface area contributed by atoms with Crippen molar-refractivity contribution >= 4 is 8.80 Å². The molecule has 0 bridgehead atoms. The number of nitrogens with two attached hydrogens (primary N) is 2. The highest BCUT2D eigenvalue weighted by Gasteiger charge is 2.39. The Morgan fingerprint density at radius 3 is 1.81 bits per heavy atom. The van der Waals surface area contributed by atoms with E-state index in [0.717, 1.165) is 12.5 Å². The van der Waals surface area contributed by atoms with Gasteiger partial charge in [0.05, 0.1) is 0 Å². The van der Waals surface area contributed by atoms with Crippen LogP contribution in [0.25, 0.3) is 0 Å². The maximum absolute atomic E-state index is 5.61. The fourth-order valence-corrected chi connectivity index (χ4v) is 4.02. The molecule has 0 aliphatic rings. The minimum absolute atomic E-state index is 0.423. The zero-order valence-corrected chi connectivity index (χ0v) is 14.7. The van der Waals surface area contributed by atoms with E-state index >= 15 is 0 Å². The third-order valence-corrected chi connectivity index (χ3v) is 6.40. The SMILES string of the molecule is CCC(CN)C[Si](OC)(OC)OC.NCc1ccccc1. The quantitative estimate of drug-likeness (QED) is 0.717. The Kier molecular flexibility index (Phi) is 11.4. The molecule has 0 saturated carbocycles. The van der Waals surface area contributed by atoms with E-state index in [0.29, 0.717) is 19.0 Å². The average Bonchev–Trinajstić information content (AvgIpc) is 2.58. The first-order valence-electron chi connectivity index (χ1n) is 7.20. The van der Waals surface area contributed by atoms with Gasteiger partial charge in [-0.05, 0) is 18.0 Å². The number of benzene rings is 1. The number of rotatable bonds is 8. The minimum atomic E-state index is -2.40. The van der Waals surface area contributed by atoms with Crippen LogP contribution in [0, 0.1) is 5.92 Å². The van der Waals surface area contributed by atoms with Gasteiger partial charge in [-0.15, -0.1) is 0 Å². The molecule has 5 nitrogen and oxygen atoms in total. The molecule has 122 valence electrons. The zero-order valence-electron chi connectivity index (χ0n) is 13.7. The second-order valence-corrected chi connectivity index (χ2v) is 7.70. The normalized spacial score (nSPS) is 12.5. The molecule has 0 amide bonds. The van der Waals surface area contributed by atoms with E-state index in [4.69, 9.17) is 24.7 Å². The summed E-state index contributed by atoms with van der Waals surface area (Å²) in [6.07, 6.45) is 1.03. The lowest BCUT2D eigenvalue weighted by Gasteiger charge is -2.27. The summed E-state index contributed by atoms with van der Waals surface area (Å²) in [6, 6.07) is 10.8. The summed E-state index contributed by atoms with van der Waals surface area (Å²) in [5, 5.41) is 0. The third-order valence-electron chi connectivity index (χ3n) is 3.46. The molecule has 0 aliphatic carbocycles. The molecule has 0 aromatic heterocycles. The Morgan fingerprint density at radius 2 is 1.52 bits per heavy atom. The van der Waals surface area contributed by atoms with E-state index in [-0.39, 0.29) is 0 Å². The molecule has 1 unspecified atom stereocenters. The summed E-state index contributed by atoms with van der Waals surface area (Å²) in [7, 11) is 2.48. The van der Waals surface area contributed by atoms with Gasteiger partial charge in [0.2, 0.25) is 0 Å². The second kappa shape index (κ2) is 11.8. The van der Waals surface area contributed by atoms with Gasteiger partial charge < -0.3 is 24.7 Å². The van der Waals surface area contributed by atoms with E-state index in [1.807, 2.05) is 30.3 Å². The Labute approximate surface area is 129 Å². The monoisotopic (exact) mass is 314 g/mol. The first-order chi connectivity index (χ1) is 10.1. The van der Waals surface area contributed by atoms with Gasteiger partial charge in [0, 0.05) is 33.9 Å². The topological polar surface area (TPSA) is 79.7 Å². The van der Waals surface area contributed by atoms with Gasteiger partial charge in [0.15, 0.2) is 0 Å². The largest absolute Gasteiger partial charge is 0.500 e. The van der Waals surface area contributed by atoms with E-state index in [9.17, 15) is 0 Å². The standard InChI is InChI=1S/C8H21NO3Si.C7H9N/c1-5-8(6-9)7-13(10-2,11-3)12-4;8-6-7-4-2-1-3-5-7/h8H,5-7,9H2,1-4H3;1-5H,6,8H2. The summed E-state index contributed by atoms with van der Waals surface area (Å²) < 4.78 is 15.9. The highest BCUT2D eigenvalue weighted by atomic mass is 28.4. The fourth-order valence-electron chi connectivity index (χ4n) is 1.86. The van der Waals surface area contributed by atoms with Crippen molar-refractivity contribution in [3.8, 4) is 0 Å². The molecule has 0 aliphatic heterocycles. The number of hydrogen-bond donors (Lipinski definition) is 2. The maximum Gasteiger partial charge on any atom is 0.500 e. The smallest absolute Gasteiger partial charge is 0.377 e. The summed E-state index contributed by atoms with van der Waals surface area (Å²) >= 11 is 0. The molecule has 0 saturated heterocycles. The summed E-state index contributed by atoms with van der Waals surface area (Å²) in [4.78, 5) is 0. The molecular formula is C15H30N2O3Si. The van der Waals surface area contributed by atoms with Gasteiger partial charge >= 0.3 is 8.80 Å². The lowest BCUT2D eigenvalue weighted by Crippen LogP contribution is -2.45. The summed E-state index contributed by atoms with van der Waals surface area (Å²) in [5.74, 6) is 0.423. The average molecular weight is 315 g/mol. The van der Waals surface area contributed by atoms with Crippen molar-refractivity contribution in [2.24, 2.45) is 17.4 Å². The highest BCUT2D eigenvalue weighted by molar-refractivity contribution is 6.60. The number of hydrogen-bond acceptors (Lipinski definition) is 5. The van der Waals surface area contributed by atoms with Crippen LogP contribution in [-0.2, 0) is 19.8 Å². The summed E-state index contributed by atoms with van der Waals surface area (Å²) in [6.45, 7) is 3.40. The van der Waals surface area contributed by atoms with Crippen molar-refractivity contribution in [1.82, 2.24) is 0 Å². The Morgan fingerprint density at radius 1 is 1.00 bits per heavy atom. The molecule has 6 heteroatoms. The molecule has 0 heterocycles. The maximum atomic E-state index is 5.61. The van der Waals surface area contributed by atoms with E-state index in [1.54, 1.807) is 21.3 Å². The third kappa shape index (κ3) is 7.70. The minimum Gasteiger partial charge on any atom is -0.377 e. The first kappa shape index (κ1) is 20.2. The van der Waals surface area contributed by atoms with E-state index < -0.39 is 8.80 Å². The Balaban J connectivity index is 0.000000423. The van der Waals surface area contributed by atoms with Crippen molar-refractivity contribution in [2.45, 2.75) is 25.9 Å². The van der Waals surface area contributed by atoms with Gasteiger partial charge in [0.25, 0.3) is 0 Å². The summed E-state index contributed by atoms with van der Waals surface area (Å²) in [5.41, 5.74) is 12.1. The van der Waals surface area contributed by atoms with Crippen LogP contribution in [-0.4, -0.2) is 36.7 Å². The van der Waals surface area contributed by atoms with E-state index in [2.05, 4.69) is 6.92 Å². The molecule has 1 rings (SSSR count). The van der Waals surface area contributed by atoms with Crippen molar-refractivity contribution < 1.29 is 13.3 Å². The molecule has 0 radical (unpaired) electrons. The van der Waals surface area contributed by atoms with Crippen molar-refractivity contribution in [2.75, 3.05) is 27.9 Å². The molecule has 4 N–H and O–H groups in total. The van der Waals surface area contributed by atoms with Crippen LogP contribution < -0.4 is 11.5 Å². The van der Waals surface area contributed by atoms with Gasteiger partial charge in [-0.2, -0.15) is 0 Å². The lowest BCUT2D eigenvalue weighted by atomic mass is 10.1. The van der Waals surface area contributed by atoms with Gasteiger partial charge in [0.1, 0.15) is 0 Å². The lowest BCUT2D eigenvalue weighted by molar-refractivity contribution is 0.118. The highest BCUT2D eigenvalue weighted by Crippen LogP contribution is 2.20. The molecule has 0 spiro atoms. The van der Waals surface area contributed by atoms with Crippen LogP contribution in [0.5, 0.6) is 0 Å². The van der Waals surface area contributed by atoms with Crippen molar-refractivity contribution in [1.29, 1.82) is 0 Å². The van der Waals surface area contributed by atoms with Gasteiger partial charge in [-0.3, -0.25) is 0 Å². The molecule has 21 heavy (non-hydrogen) atoms. The molecule has 0 fully saturated rings. The molecule has 1 atom stereocenters. The molecule has 1 aromatic rings. The fraction of sp³-hybridized carbons (Fsp3) is 0.600. The predicted molar refractivity (Wildman–Crippen MR) is 88.8 cm³/mol. The van der Waals surface area contributed by atoms with E-state index in [1.165, 1.54) is 5.56 Å². The van der Waals surface area contributed by atoms with Crippen LogP contribution in [0.2, 0.25) is 6.04 Å². The zero-order chi connectivity index (χ0) is 16.1. The van der Waals surface area contributed by atoms with Crippen molar-refractivity contribution in [3.63, 3.8) is 0 Å². The van der Waals surface area contributed by atoms with Crippen LogP contribution in [0.4, 0.5) is 0 Å². The Hall–Kier alpha value is -0.763. The molecular weight excluding hydrogens is 284 g/mol.